The molecule has 1 aromatic rings. The van der Waals surface area contributed by atoms with E-state index in [0.29, 0.717) is 53.5 Å². The van der Waals surface area contributed by atoms with Crippen LogP contribution in [0.5, 0.6) is 5.75 Å². The van der Waals surface area contributed by atoms with E-state index in [-0.39, 0.29) is 17.9 Å². The highest BCUT2D eigenvalue weighted by Gasteiger charge is 2.14. The predicted octanol–water partition coefficient (Wildman–Crippen LogP) is 4.40. The molecule has 0 bridgehead atoms. The van der Waals surface area contributed by atoms with Crippen molar-refractivity contribution >= 4 is 21.5 Å². The minimum absolute atomic E-state index is 0.0289. The van der Waals surface area contributed by atoms with Crippen LogP contribution in [0.25, 0.3) is 0 Å². The van der Waals surface area contributed by atoms with E-state index in [0.717, 1.165) is 5.41 Å². The number of rotatable bonds is 16. The zero-order valence-electron chi connectivity index (χ0n) is 20.9. The molecule has 0 saturated carbocycles. The molecule has 35 heavy (non-hydrogen) atoms. The summed E-state index contributed by atoms with van der Waals surface area (Å²) >= 11 is 0. The van der Waals surface area contributed by atoms with Crippen LogP contribution in [0.4, 0.5) is 5.69 Å². The second-order valence-electron chi connectivity index (χ2n) is 7.46. The van der Waals surface area contributed by atoms with Crippen molar-refractivity contribution in [1.82, 2.24) is 0 Å². The predicted molar refractivity (Wildman–Crippen MR) is 136 cm³/mol. The van der Waals surface area contributed by atoms with Crippen molar-refractivity contribution < 1.29 is 37.3 Å². The van der Waals surface area contributed by atoms with E-state index in [4.69, 9.17) is 24.1 Å². The second kappa shape index (κ2) is 14.8. The maximum atomic E-state index is 12.9. The topological polar surface area (TPSA) is 120 Å². The Morgan fingerprint density at radius 1 is 1.14 bits per heavy atom. The Labute approximate surface area is 207 Å². The molecule has 2 N–H and O–H groups in total. The molecular weight excluding hydrogens is 474 g/mol. The molecule has 9 nitrogen and oxygen atoms in total. The summed E-state index contributed by atoms with van der Waals surface area (Å²) in [5, 5.41) is 13.0. The van der Waals surface area contributed by atoms with Crippen LogP contribution in [-0.4, -0.2) is 54.5 Å². The Morgan fingerprint density at radius 2 is 1.86 bits per heavy atom. The van der Waals surface area contributed by atoms with Crippen LogP contribution in [0.1, 0.15) is 31.7 Å². The SMILES string of the molecule is C=C(OC)C(/C=C/S(=O)(=O)Cc1ccc(OC)c(NCCCC(=O)O)c1)=C(\C/C=C(\C)OC)OC. The van der Waals surface area contributed by atoms with Gasteiger partial charge in [0.05, 0.1) is 51.2 Å². The van der Waals surface area contributed by atoms with Crippen LogP contribution in [0.15, 0.2) is 65.2 Å². The summed E-state index contributed by atoms with van der Waals surface area (Å²) in [6, 6.07) is 5.00. The number of aliphatic carboxylic acids is 1. The Hall–Kier alpha value is -3.40. The first-order chi connectivity index (χ1) is 16.6. The second-order valence-corrected chi connectivity index (χ2v) is 9.35. The molecule has 1 rings (SSSR count). The van der Waals surface area contributed by atoms with Gasteiger partial charge in [-0.25, -0.2) is 8.42 Å². The Bertz CT molecular complexity index is 1070. The lowest BCUT2D eigenvalue weighted by Crippen LogP contribution is -2.07. The monoisotopic (exact) mass is 509 g/mol. The normalized spacial score (nSPS) is 12.7. The fraction of sp³-hybridized carbons (Fsp3) is 0.400. The molecule has 0 spiro atoms. The van der Waals surface area contributed by atoms with Crippen LogP contribution >= 0.6 is 0 Å². The van der Waals surface area contributed by atoms with E-state index >= 15 is 0 Å². The van der Waals surface area contributed by atoms with Crippen molar-refractivity contribution in [3.63, 3.8) is 0 Å². The number of allylic oxidation sites excluding steroid dienone is 3. The molecule has 0 aliphatic carbocycles. The third-order valence-corrected chi connectivity index (χ3v) is 6.23. The number of methoxy groups -OCH3 is 4. The average molecular weight is 510 g/mol. The van der Waals surface area contributed by atoms with Crippen molar-refractivity contribution in [2.24, 2.45) is 0 Å². The molecule has 194 valence electrons. The van der Waals surface area contributed by atoms with Gasteiger partial charge in [0.2, 0.25) is 0 Å². The number of carbonyl (C=O) groups is 1. The van der Waals surface area contributed by atoms with Crippen LogP contribution in [0, 0.1) is 0 Å². The van der Waals surface area contributed by atoms with Gasteiger partial charge in [0.1, 0.15) is 17.3 Å². The number of anilines is 1. The number of hydrogen-bond acceptors (Lipinski definition) is 8. The van der Waals surface area contributed by atoms with Crippen LogP contribution in [-0.2, 0) is 34.6 Å². The minimum atomic E-state index is -3.68. The van der Waals surface area contributed by atoms with E-state index in [1.807, 2.05) is 0 Å². The lowest BCUT2D eigenvalue weighted by atomic mass is 10.1. The van der Waals surface area contributed by atoms with E-state index in [1.54, 1.807) is 38.3 Å². The Balaban J connectivity index is 3.14. The molecule has 0 amide bonds. The first-order valence-corrected chi connectivity index (χ1v) is 12.5. The van der Waals surface area contributed by atoms with Crippen LogP contribution in [0.3, 0.4) is 0 Å². The number of carboxylic acids is 1. The third-order valence-electron chi connectivity index (χ3n) is 4.95. The lowest BCUT2D eigenvalue weighted by Gasteiger charge is -2.13. The summed E-state index contributed by atoms with van der Waals surface area (Å²) in [5.41, 5.74) is 1.54. The first kappa shape index (κ1) is 29.6. The zero-order valence-corrected chi connectivity index (χ0v) is 21.7. The quantitative estimate of drug-likeness (QED) is 0.190. The molecule has 0 saturated heterocycles. The van der Waals surface area contributed by atoms with Crippen molar-refractivity contribution in [3.05, 3.63) is 70.8 Å². The maximum absolute atomic E-state index is 12.9. The van der Waals surface area contributed by atoms with Gasteiger partial charge in [-0.05, 0) is 43.2 Å². The maximum Gasteiger partial charge on any atom is 0.303 e. The van der Waals surface area contributed by atoms with Crippen molar-refractivity contribution in [3.8, 4) is 5.75 Å². The summed E-state index contributed by atoms with van der Waals surface area (Å²) < 4.78 is 46.9. The fourth-order valence-corrected chi connectivity index (χ4v) is 4.06. The fourth-order valence-electron chi connectivity index (χ4n) is 2.97. The summed E-state index contributed by atoms with van der Waals surface area (Å²) in [4.78, 5) is 10.7. The summed E-state index contributed by atoms with van der Waals surface area (Å²) in [5.74, 6) is 0.811. The highest BCUT2D eigenvalue weighted by Crippen LogP contribution is 2.27. The standard InChI is InChI=1S/C25H35NO8S/c1-18(31-3)9-11-23(33-5)21(19(2)32-4)13-15-35(29,30)17-20-10-12-24(34-6)22(16-20)26-14-7-8-25(27)28/h9-10,12-13,15-16,26H,2,7-8,11,14,17H2,1,3-6H3,(H,27,28)/b15-13+,18-9+,23-21+. The molecule has 0 fully saturated rings. The Morgan fingerprint density at radius 3 is 2.43 bits per heavy atom. The molecular formula is C25H35NO8S. The van der Waals surface area contributed by atoms with Crippen LogP contribution < -0.4 is 10.1 Å². The van der Waals surface area contributed by atoms with Gasteiger partial charge in [-0.2, -0.15) is 0 Å². The molecule has 10 heteroatoms. The molecule has 1 aromatic carbocycles. The number of sulfone groups is 1. The average Bonchev–Trinajstić information content (AvgIpc) is 2.82. The molecule has 0 unspecified atom stereocenters. The number of ether oxygens (including phenoxy) is 4. The van der Waals surface area contributed by atoms with E-state index in [2.05, 4.69) is 11.9 Å². The molecule has 0 radical (unpaired) electrons. The number of carboxylic acid groups (broad SMARTS) is 1. The molecule has 0 heterocycles. The summed E-state index contributed by atoms with van der Waals surface area (Å²) in [7, 11) is 2.31. The van der Waals surface area contributed by atoms with Gasteiger partial charge in [0.15, 0.2) is 9.84 Å². The lowest BCUT2D eigenvalue weighted by molar-refractivity contribution is -0.137. The van der Waals surface area contributed by atoms with Gasteiger partial charge < -0.3 is 29.4 Å². The highest BCUT2D eigenvalue weighted by atomic mass is 32.2. The van der Waals surface area contributed by atoms with E-state index in [9.17, 15) is 13.2 Å². The summed E-state index contributed by atoms with van der Waals surface area (Å²) in [6.07, 6.45) is 4.01. The van der Waals surface area contributed by atoms with E-state index < -0.39 is 15.8 Å². The zero-order chi connectivity index (χ0) is 26.4. The van der Waals surface area contributed by atoms with Crippen molar-refractivity contribution in [2.75, 3.05) is 40.3 Å². The Kier molecular flexibility index (Phi) is 12.5. The van der Waals surface area contributed by atoms with Crippen LogP contribution in [0.2, 0.25) is 0 Å². The largest absolute Gasteiger partial charge is 0.502 e. The highest BCUT2D eigenvalue weighted by molar-refractivity contribution is 7.93. The first-order valence-electron chi connectivity index (χ1n) is 10.8. The van der Waals surface area contributed by atoms with Crippen molar-refractivity contribution in [2.45, 2.75) is 31.9 Å². The minimum Gasteiger partial charge on any atom is -0.502 e. The van der Waals surface area contributed by atoms with Gasteiger partial charge in [-0.1, -0.05) is 12.6 Å². The van der Waals surface area contributed by atoms with Gasteiger partial charge in [-0.3, -0.25) is 4.79 Å². The smallest absolute Gasteiger partial charge is 0.303 e. The van der Waals surface area contributed by atoms with Gasteiger partial charge in [0.25, 0.3) is 0 Å². The van der Waals surface area contributed by atoms with Gasteiger partial charge in [-0.15, -0.1) is 0 Å². The molecule has 0 aliphatic rings. The number of nitrogens with one attached hydrogen (secondary N) is 1. The van der Waals surface area contributed by atoms with Gasteiger partial charge in [0, 0.05) is 24.8 Å². The molecule has 0 aromatic heterocycles. The molecule has 0 aliphatic heterocycles. The van der Waals surface area contributed by atoms with Gasteiger partial charge >= 0.3 is 5.97 Å². The van der Waals surface area contributed by atoms with E-state index in [1.165, 1.54) is 27.4 Å². The number of hydrogen-bond donors (Lipinski definition) is 2. The summed E-state index contributed by atoms with van der Waals surface area (Å²) in [6.45, 7) is 6.03. The van der Waals surface area contributed by atoms with Crippen molar-refractivity contribution in [1.29, 1.82) is 0 Å². The number of benzene rings is 1. The third kappa shape index (κ3) is 10.6. The molecule has 0 atom stereocenters.